The molecular formula is C9H7ClN2. The predicted molar refractivity (Wildman–Crippen MR) is 51.2 cm³/mol. The zero-order chi connectivity index (χ0) is 8.55. The lowest BCUT2D eigenvalue weighted by Crippen LogP contribution is -1.85. The van der Waals surface area contributed by atoms with Crippen LogP contribution in [0.2, 0.25) is 5.15 Å². The van der Waals surface area contributed by atoms with Crippen LogP contribution in [-0.4, -0.2) is 4.98 Å². The summed E-state index contributed by atoms with van der Waals surface area (Å²) in [6.45, 7) is 0. The van der Waals surface area contributed by atoms with E-state index in [1.807, 2.05) is 18.2 Å². The molecule has 0 unspecified atom stereocenters. The van der Waals surface area contributed by atoms with E-state index in [1.165, 1.54) is 0 Å². The molecule has 12 heavy (non-hydrogen) atoms. The largest absolute Gasteiger partial charge is 0.399 e. The van der Waals surface area contributed by atoms with E-state index in [9.17, 15) is 0 Å². The molecule has 0 aliphatic heterocycles. The van der Waals surface area contributed by atoms with Gasteiger partial charge in [-0.25, -0.2) is 4.98 Å². The lowest BCUT2D eigenvalue weighted by Gasteiger charge is -1.98. The van der Waals surface area contributed by atoms with Gasteiger partial charge in [0.15, 0.2) is 0 Å². The van der Waals surface area contributed by atoms with Gasteiger partial charge >= 0.3 is 0 Å². The minimum Gasteiger partial charge on any atom is -0.399 e. The number of nitrogens with two attached hydrogens (primary N) is 1. The summed E-state index contributed by atoms with van der Waals surface area (Å²) >= 11 is 5.72. The van der Waals surface area contributed by atoms with Crippen molar-refractivity contribution in [1.29, 1.82) is 0 Å². The topological polar surface area (TPSA) is 38.9 Å². The predicted octanol–water partition coefficient (Wildman–Crippen LogP) is 2.47. The van der Waals surface area contributed by atoms with Crippen LogP contribution in [0, 0.1) is 0 Å². The summed E-state index contributed by atoms with van der Waals surface area (Å²) in [5.74, 6) is 0. The highest BCUT2D eigenvalue weighted by molar-refractivity contribution is 6.29. The van der Waals surface area contributed by atoms with Crippen molar-refractivity contribution in [2.45, 2.75) is 0 Å². The molecule has 0 radical (unpaired) electrons. The molecular weight excluding hydrogens is 172 g/mol. The highest BCUT2D eigenvalue weighted by atomic mass is 35.5. The normalized spacial score (nSPS) is 10.4. The molecule has 0 bridgehead atoms. The van der Waals surface area contributed by atoms with Crippen LogP contribution in [0.15, 0.2) is 30.3 Å². The maximum atomic E-state index is 5.72. The monoisotopic (exact) mass is 178 g/mol. The summed E-state index contributed by atoms with van der Waals surface area (Å²) in [5, 5.41) is 1.54. The molecule has 0 atom stereocenters. The minimum atomic E-state index is 0.494. The summed E-state index contributed by atoms with van der Waals surface area (Å²) in [5.41, 5.74) is 7.13. The molecule has 60 valence electrons. The standard InChI is InChI=1S/C9H7ClN2/c10-9-4-2-6-1-3-7(11)5-8(6)12-9/h1-5H,11H2. The van der Waals surface area contributed by atoms with Crippen LogP contribution in [0.25, 0.3) is 10.9 Å². The fourth-order valence-electron chi connectivity index (χ4n) is 1.11. The minimum absolute atomic E-state index is 0.494. The number of aromatic nitrogens is 1. The van der Waals surface area contributed by atoms with Gasteiger partial charge in [0.2, 0.25) is 0 Å². The lowest BCUT2D eigenvalue weighted by molar-refractivity contribution is 1.41. The molecule has 0 spiro atoms. The molecule has 0 fully saturated rings. The Balaban J connectivity index is 2.80. The third kappa shape index (κ3) is 1.21. The first kappa shape index (κ1) is 7.37. The van der Waals surface area contributed by atoms with E-state index in [0.29, 0.717) is 10.8 Å². The number of rotatable bonds is 0. The van der Waals surface area contributed by atoms with Crippen LogP contribution in [0.3, 0.4) is 0 Å². The van der Waals surface area contributed by atoms with Gasteiger partial charge in [-0.1, -0.05) is 17.7 Å². The van der Waals surface area contributed by atoms with Gasteiger partial charge < -0.3 is 5.73 Å². The van der Waals surface area contributed by atoms with Gasteiger partial charge in [0.1, 0.15) is 5.15 Å². The number of pyridine rings is 1. The van der Waals surface area contributed by atoms with Crippen LogP contribution in [-0.2, 0) is 0 Å². The lowest BCUT2D eigenvalue weighted by atomic mass is 10.2. The van der Waals surface area contributed by atoms with Gasteiger partial charge in [-0.15, -0.1) is 0 Å². The van der Waals surface area contributed by atoms with E-state index in [4.69, 9.17) is 17.3 Å². The van der Waals surface area contributed by atoms with E-state index in [2.05, 4.69) is 4.98 Å². The number of nitrogen functional groups attached to an aromatic ring is 1. The van der Waals surface area contributed by atoms with Gasteiger partial charge in [0.25, 0.3) is 0 Å². The Morgan fingerprint density at radius 1 is 1.17 bits per heavy atom. The van der Waals surface area contributed by atoms with Crippen molar-refractivity contribution in [3.63, 3.8) is 0 Å². The second-order valence-electron chi connectivity index (χ2n) is 2.59. The van der Waals surface area contributed by atoms with Crippen molar-refractivity contribution < 1.29 is 0 Å². The van der Waals surface area contributed by atoms with E-state index in [1.54, 1.807) is 12.1 Å². The van der Waals surface area contributed by atoms with Crippen molar-refractivity contribution in [2.24, 2.45) is 0 Å². The Bertz CT molecular complexity index is 389. The van der Waals surface area contributed by atoms with Gasteiger partial charge in [0.05, 0.1) is 5.52 Å². The Morgan fingerprint density at radius 3 is 2.75 bits per heavy atom. The number of halogens is 1. The van der Waals surface area contributed by atoms with Crippen LogP contribution < -0.4 is 5.73 Å². The first-order valence-electron chi connectivity index (χ1n) is 3.57. The zero-order valence-corrected chi connectivity index (χ0v) is 7.05. The van der Waals surface area contributed by atoms with Crippen molar-refractivity contribution in [1.82, 2.24) is 4.98 Å². The summed E-state index contributed by atoms with van der Waals surface area (Å²) in [6.07, 6.45) is 0. The zero-order valence-electron chi connectivity index (χ0n) is 6.29. The number of hydrogen-bond donors (Lipinski definition) is 1. The molecule has 2 rings (SSSR count). The maximum absolute atomic E-state index is 5.72. The van der Waals surface area contributed by atoms with E-state index in [0.717, 1.165) is 10.9 Å². The number of anilines is 1. The molecule has 2 N–H and O–H groups in total. The molecule has 2 aromatic rings. The van der Waals surface area contributed by atoms with E-state index in [-0.39, 0.29) is 0 Å². The highest BCUT2D eigenvalue weighted by Gasteiger charge is 1.95. The fourth-order valence-corrected chi connectivity index (χ4v) is 1.26. The van der Waals surface area contributed by atoms with Crippen molar-refractivity contribution in [2.75, 3.05) is 5.73 Å². The average Bonchev–Trinajstić information content (AvgIpc) is 2.03. The Labute approximate surface area is 75.0 Å². The summed E-state index contributed by atoms with van der Waals surface area (Å²) in [7, 11) is 0. The van der Waals surface area contributed by atoms with Gasteiger partial charge in [-0.2, -0.15) is 0 Å². The Hall–Kier alpha value is -1.28. The molecule has 1 heterocycles. The molecule has 0 saturated carbocycles. The van der Waals surface area contributed by atoms with Gasteiger partial charge in [-0.3, -0.25) is 0 Å². The highest BCUT2D eigenvalue weighted by Crippen LogP contribution is 2.17. The van der Waals surface area contributed by atoms with Crippen LogP contribution in [0.4, 0.5) is 5.69 Å². The number of hydrogen-bond acceptors (Lipinski definition) is 2. The molecule has 1 aromatic carbocycles. The number of nitrogens with zero attached hydrogens (tertiary/aromatic N) is 1. The van der Waals surface area contributed by atoms with Crippen molar-refractivity contribution in [3.05, 3.63) is 35.5 Å². The SMILES string of the molecule is Nc1ccc2ccc(Cl)nc2c1. The Kier molecular flexibility index (Phi) is 1.62. The number of benzene rings is 1. The second kappa shape index (κ2) is 2.64. The smallest absolute Gasteiger partial charge is 0.129 e. The third-order valence-electron chi connectivity index (χ3n) is 1.68. The molecule has 2 nitrogen and oxygen atoms in total. The van der Waals surface area contributed by atoms with Crippen LogP contribution in [0.1, 0.15) is 0 Å². The van der Waals surface area contributed by atoms with E-state index < -0.39 is 0 Å². The maximum Gasteiger partial charge on any atom is 0.129 e. The molecule has 0 saturated heterocycles. The summed E-state index contributed by atoms with van der Waals surface area (Å²) in [6, 6.07) is 9.26. The average molecular weight is 179 g/mol. The van der Waals surface area contributed by atoms with Gasteiger partial charge in [0, 0.05) is 11.1 Å². The van der Waals surface area contributed by atoms with Crippen LogP contribution >= 0.6 is 11.6 Å². The molecule has 1 aromatic heterocycles. The van der Waals surface area contributed by atoms with Crippen molar-refractivity contribution in [3.8, 4) is 0 Å². The van der Waals surface area contributed by atoms with Crippen molar-refractivity contribution >= 4 is 28.2 Å². The van der Waals surface area contributed by atoms with Crippen LogP contribution in [0.5, 0.6) is 0 Å². The Morgan fingerprint density at radius 2 is 1.92 bits per heavy atom. The first-order chi connectivity index (χ1) is 5.75. The number of fused-ring (bicyclic) bond motifs is 1. The molecule has 3 heteroatoms. The molecule has 0 aliphatic carbocycles. The first-order valence-corrected chi connectivity index (χ1v) is 3.95. The third-order valence-corrected chi connectivity index (χ3v) is 1.89. The molecule has 0 aliphatic rings. The van der Waals surface area contributed by atoms with Gasteiger partial charge in [-0.05, 0) is 24.3 Å². The molecule has 0 amide bonds. The second-order valence-corrected chi connectivity index (χ2v) is 2.97. The fraction of sp³-hybridized carbons (Fsp3) is 0. The summed E-state index contributed by atoms with van der Waals surface area (Å²) < 4.78 is 0. The summed E-state index contributed by atoms with van der Waals surface area (Å²) in [4.78, 5) is 4.12. The van der Waals surface area contributed by atoms with E-state index >= 15 is 0 Å². The quantitative estimate of drug-likeness (QED) is 0.497.